The SMILES string of the molecule is CC(=O)Nc1ccc(Cl)cc1NC(=O)c1cc(S(=O)(=O)N2CCOCC2)c[nH]1. The zero-order valence-electron chi connectivity index (χ0n) is 15.0. The van der Waals surface area contributed by atoms with Crippen molar-refractivity contribution in [2.75, 3.05) is 36.9 Å². The van der Waals surface area contributed by atoms with Crippen molar-refractivity contribution in [2.45, 2.75) is 11.8 Å². The van der Waals surface area contributed by atoms with E-state index in [0.29, 0.717) is 29.6 Å². The van der Waals surface area contributed by atoms with Crippen LogP contribution in [-0.4, -0.2) is 55.8 Å². The zero-order valence-corrected chi connectivity index (χ0v) is 16.6. The number of benzene rings is 1. The summed E-state index contributed by atoms with van der Waals surface area (Å²) in [5, 5.41) is 5.58. The summed E-state index contributed by atoms with van der Waals surface area (Å²) in [5.74, 6) is -0.881. The van der Waals surface area contributed by atoms with Crippen LogP contribution in [0, 0.1) is 0 Å². The molecule has 2 amide bonds. The molecule has 3 rings (SSSR count). The Hall–Kier alpha value is -2.40. The maximum atomic E-state index is 12.7. The topological polar surface area (TPSA) is 121 Å². The van der Waals surface area contributed by atoms with Gasteiger partial charge in [-0.2, -0.15) is 4.31 Å². The Kier molecular flexibility index (Phi) is 6.04. The molecule has 3 N–H and O–H groups in total. The number of nitrogens with one attached hydrogen (secondary N) is 3. The molecule has 0 spiro atoms. The van der Waals surface area contributed by atoms with Gasteiger partial charge in [0.2, 0.25) is 15.9 Å². The van der Waals surface area contributed by atoms with Crippen molar-refractivity contribution in [2.24, 2.45) is 0 Å². The Balaban J connectivity index is 1.80. The average Bonchev–Trinajstić information content (AvgIpc) is 3.15. The van der Waals surface area contributed by atoms with Gasteiger partial charge in [0.1, 0.15) is 10.6 Å². The van der Waals surface area contributed by atoms with Gasteiger partial charge in [0.05, 0.1) is 24.6 Å². The Morgan fingerprint density at radius 2 is 1.86 bits per heavy atom. The fourth-order valence-corrected chi connectivity index (χ4v) is 4.27. The fourth-order valence-electron chi connectivity index (χ4n) is 2.70. The number of aromatic amines is 1. The van der Waals surface area contributed by atoms with Gasteiger partial charge in [-0.15, -0.1) is 0 Å². The summed E-state index contributed by atoms with van der Waals surface area (Å²) in [6.45, 7) is 2.53. The Labute approximate surface area is 167 Å². The maximum absolute atomic E-state index is 12.7. The summed E-state index contributed by atoms with van der Waals surface area (Å²) in [7, 11) is -3.71. The van der Waals surface area contributed by atoms with E-state index in [1.807, 2.05) is 0 Å². The summed E-state index contributed by atoms with van der Waals surface area (Å²) in [6.07, 6.45) is 1.27. The Bertz CT molecular complexity index is 999. The first-order valence-electron chi connectivity index (χ1n) is 8.42. The van der Waals surface area contributed by atoms with Gasteiger partial charge in [-0.25, -0.2) is 8.42 Å². The molecule has 150 valence electrons. The van der Waals surface area contributed by atoms with Gasteiger partial charge in [-0.3, -0.25) is 9.59 Å². The number of sulfonamides is 1. The molecule has 9 nitrogen and oxygen atoms in total. The quantitative estimate of drug-likeness (QED) is 0.674. The number of nitrogens with zero attached hydrogens (tertiary/aromatic N) is 1. The molecular weight excluding hydrogens is 408 g/mol. The molecule has 1 aromatic heterocycles. The van der Waals surface area contributed by atoms with E-state index < -0.39 is 15.9 Å². The van der Waals surface area contributed by atoms with Crippen molar-refractivity contribution in [3.63, 3.8) is 0 Å². The highest BCUT2D eigenvalue weighted by atomic mass is 35.5. The number of anilines is 2. The minimum absolute atomic E-state index is 0.00673. The van der Waals surface area contributed by atoms with Crippen LogP contribution < -0.4 is 10.6 Å². The summed E-state index contributed by atoms with van der Waals surface area (Å²) in [5.41, 5.74) is 0.721. The van der Waals surface area contributed by atoms with Gasteiger partial charge in [-0.05, 0) is 24.3 Å². The average molecular weight is 427 g/mol. The van der Waals surface area contributed by atoms with Crippen molar-refractivity contribution in [3.05, 3.63) is 41.2 Å². The molecule has 11 heteroatoms. The third kappa shape index (κ3) is 4.53. The molecule has 0 unspecified atom stereocenters. The van der Waals surface area contributed by atoms with Crippen LogP contribution in [0.25, 0.3) is 0 Å². The number of rotatable bonds is 5. The number of amides is 2. The van der Waals surface area contributed by atoms with Crippen molar-refractivity contribution in [3.8, 4) is 0 Å². The number of halogens is 1. The predicted molar refractivity (Wildman–Crippen MR) is 104 cm³/mol. The summed E-state index contributed by atoms with van der Waals surface area (Å²) >= 11 is 5.97. The van der Waals surface area contributed by atoms with Crippen molar-refractivity contribution in [1.82, 2.24) is 9.29 Å². The lowest BCUT2D eigenvalue weighted by atomic mass is 10.2. The lowest BCUT2D eigenvalue weighted by molar-refractivity contribution is -0.114. The first-order valence-corrected chi connectivity index (χ1v) is 10.2. The summed E-state index contributed by atoms with van der Waals surface area (Å²) in [4.78, 5) is 26.5. The largest absolute Gasteiger partial charge is 0.379 e. The van der Waals surface area contributed by atoms with Crippen LogP contribution in [0.2, 0.25) is 5.02 Å². The summed E-state index contributed by atoms with van der Waals surface area (Å²) < 4.78 is 31.8. The Morgan fingerprint density at radius 1 is 1.14 bits per heavy atom. The van der Waals surface area contributed by atoms with Gasteiger partial charge >= 0.3 is 0 Å². The number of H-pyrrole nitrogens is 1. The molecule has 1 fully saturated rings. The van der Waals surface area contributed by atoms with Crippen LogP contribution in [0.15, 0.2) is 35.4 Å². The number of hydrogen-bond acceptors (Lipinski definition) is 5. The molecular formula is C17H19ClN4O5S. The highest BCUT2D eigenvalue weighted by Crippen LogP contribution is 2.27. The van der Waals surface area contributed by atoms with Crippen LogP contribution in [-0.2, 0) is 19.6 Å². The zero-order chi connectivity index (χ0) is 20.3. The molecule has 0 radical (unpaired) electrons. The normalized spacial score (nSPS) is 15.2. The van der Waals surface area contributed by atoms with Crippen LogP contribution in [0.4, 0.5) is 11.4 Å². The minimum atomic E-state index is -3.71. The van der Waals surface area contributed by atoms with E-state index in [-0.39, 0.29) is 29.6 Å². The molecule has 1 aliphatic heterocycles. The predicted octanol–water partition coefficient (Wildman–Crippen LogP) is 1.90. The summed E-state index contributed by atoms with van der Waals surface area (Å²) in [6, 6.07) is 5.88. The molecule has 1 aromatic carbocycles. The van der Waals surface area contributed by atoms with Crippen LogP contribution in [0.3, 0.4) is 0 Å². The molecule has 0 bridgehead atoms. The van der Waals surface area contributed by atoms with Crippen LogP contribution in [0.1, 0.15) is 17.4 Å². The lowest BCUT2D eigenvalue weighted by Crippen LogP contribution is -2.40. The van der Waals surface area contributed by atoms with Crippen LogP contribution >= 0.6 is 11.6 Å². The Morgan fingerprint density at radius 3 is 2.54 bits per heavy atom. The molecule has 1 saturated heterocycles. The van der Waals surface area contributed by atoms with E-state index in [0.717, 1.165) is 0 Å². The van der Waals surface area contributed by atoms with E-state index in [2.05, 4.69) is 15.6 Å². The van der Waals surface area contributed by atoms with Gasteiger partial charge < -0.3 is 20.4 Å². The van der Waals surface area contributed by atoms with Gasteiger partial charge in [-0.1, -0.05) is 11.6 Å². The first-order chi connectivity index (χ1) is 13.3. The van der Waals surface area contributed by atoms with Gasteiger partial charge in [0.25, 0.3) is 5.91 Å². The number of carbonyl (C=O) groups excluding carboxylic acids is 2. The molecule has 0 atom stereocenters. The highest BCUT2D eigenvalue weighted by molar-refractivity contribution is 7.89. The fraction of sp³-hybridized carbons (Fsp3) is 0.294. The highest BCUT2D eigenvalue weighted by Gasteiger charge is 2.28. The number of hydrogen-bond donors (Lipinski definition) is 3. The molecule has 0 saturated carbocycles. The van der Waals surface area contributed by atoms with E-state index in [1.54, 1.807) is 12.1 Å². The van der Waals surface area contributed by atoms with Crippen molar-refractivity contribution < 1.29 is 22.7 Å². The van der Waals surface area contributed by atoms with E-state index in [1.165, 1.54) is 29.6 Å². The van der Waals surface area contributed by atoms with Crippen molar-refractivity contribution in [1.29, 1.82) is 0 Å². The number of carbonyl (C=O) groups is 2. The van der Waals surface area contributed by atoms with E-state index in [4.69, 9.17) is 16.3 Å². The molecule has 28 heavy (non-hydrogen) atoms. The number of aromatic nitrogens is 1. The standard InChI is InChI=1S/C17H19ClN4O5S/c1-11(23)20-14-3-2-12(18)8-15(14)21-17(24)16-9-13(10-19-16)28(25,26)22-4-6-27-7-5-22/h2-3,8-10,19H,4-7H2,1H3,(H,20,23)(H,21,24). The van der Waals surface area contributed by atoms with Crippen molar-refractivity contribution >= 4 is 44.8 Å². The number of ether oxygens (including phenoxy) is 1. The first kappa shape index (κ1) is 20.3. The third-order valence-electron chi connectivity index (χ3n) is 4.05. The van der Waals surface area contributed by atoms with Gasteiger partial charge in [0, 0.05) is 31.2 Å². The van der Waals surface area contributed by atoms with Gasteiger partial charge in [0.15, 0.2) is 0 Å². The molecule has 1 aliphatic rings. The molecule has 0 aliphatic carbocycles. The lowest BCUT2D eigenvalue weighted by Gasteiger charge is -2.25. The van der Waals surface area contributed by atoms with E-state index >= 15 is 0 Å². The second-order valence-electron chi connectivity index (χ2n) is 6.09. The number of morpholine rings is 1. The molecule has 2 aromatic rings. The molecule has 2 heterocycles. The minimum Gasteiger partial charge on any atom is -0.379 e. The monoisotopic (exact) mass is 426 g/mol. The maximum Gasteiger partial charge on any atom is 0.272 e. The second kappa shape index (κ2) is 8.31. The second-order valence-corrected chi connectivity index (χ2v) is 8.47. The van der Waals surface area contributed by atoms with E-state index in [9.17, 15) is 18.0 Å². The van der Waals surface area contributed by atoms with Crippen LogP contribution in [0.5, 0.6) is 0 Å². The smallest absolute Gasteiger partial charge is 0.272 e. The third-order valence-corrected chi connectivity index (χ3v) is 6.16.